The van der Waals surface area contributed by atoms with Crippen LogP contribution in [0.4, 0.5) is 0 Å². The molecule has 2 aromatic heterocycles. The predicted octanol–water partition coefficient (Wildman–Crippen LogP) is 3.75. The molecular weight excluding hydrogens is 314 g/mol. The molecule has 0 spiro atoms. The van der Waals surface area contributed by atoms with Gasteiger partial charge in [-0.1, -0.05) is 23.7 Å². The molecular formula is C17H16ClN3O2. The van der Waals surface area contributed by atoms with Crippen molar-refractivity contribution in [2.24, 2.45) is 0 Å². The lowest BCUT2D eigenvalue weighted by Gasteiger charge is -2.04. The first-order valence-corrected chi connectivity index (χ1v) is 7.69. The molecule has 0 atom stereocenters. The van der Waals surface area contributed by atoms with Crippen LogP contribution in [0.1, 0.15) is 23.2 Å². The maximum atomic E-state index is 12.3. The molecule has 1 amide bonds. The summed E-state index contributed by atoms with van der Waals surface area (Å²) in [5.41, 5.74) is 2.16. The number of hydrogen-bond donors (Lipinski definition) is 1. The minimum atomic E-state index is -0.239. The van der Waals surface area contributed by atoms with E-state index in [1.807, 2.05) is 37.3 Å². The van der Waals surface area contributed by atoms with E-state index in [2.05, 4.69) is 10.4 Å². The number of benzene rings is 1. The number of rotatable bonds is 5. The minimum absolute atomic E-state index is 0.239. The Morgan fingerprint density at radius 1 is 1.30 bits per heavy atom. The first-order valence-electron chi connectivity index (χ1n) is 7.31. The van der Waals surface area contributed by atoms with Crippen molar-refractivity contribution >= 4 is 17.5 Å². The van der Waals surface area contributed by atoms with Crippen LogP contribution >= 0.6 is 11.6 Å². The Balaban J connectivity index is 1.82. The summed E-state index contributed by atoms with van der Waals surface area (Å²) in [6.07, 6.45) is 1.57. The van der Waals surface area contributed by atoms with Crippen LogP contribution in [-0.4, -0.2) is 15.7 Å². The van der Waals surface area contributed by atoms with Gasteiger partial charge in [0.2, 0.25) is 0 Å². The number of nitrogens with zero attached hydrogens (tertiary/aromatic N) is 2. The number of carbonyl (C=O) groups is 1. The van der Waals surface area contributed by atoms with Gasteiger partial charge in [-0.25, -0.2) is 0 Å². The van der Waals surface area contributed by atoms with Crippen LogP contribution in [0.25, 0.3) is 11.3 Å². The average molecular weight is 330 g/mol. The van der Waals surface area contributed by atoms with E-state index in [9.17, 15) is 4.79 Å². The molecule has 23 heavy (non-hydrogen) atoms. The lowest BCUT2D eigenvalue weighted by Crippen LogP contribution is -2.23. The summed E-state index contributed by atoms with van der Waals surface area (Å²) < 4.78 is 6.98. The Hall–Kier alpha value is -2.53. The molecule has 0 fully saturated rings. The van der Waals surface area contributed by atoms with Gasteiger partial charge in [0, 0.05) is 17.1 Å². The first-order chi connectivity index (χ1) is 11.2. The number of hydrogen-bond acceptors (Lipinski definition) is 3. The number of nitrogens with one attached hydrogen (secondary N) is 1. The molecule has 3 rings (SSSR count). The topological polar surface area (TPSA) is 60.1 Å². The van der Waals surface area contributed by atoms with Crippen LogP contribution in [0, 0.1) is 0 Å². The second-order valence-electron chi connectivity index (χ2n) is 5.00. The second kappa shape index (κ2) is 6.71. The Bertz CT molecular complexity index is 809. The molecule has 2 heterocycles. The van der Waals surface area contributed by atoms with Crippen molar-refractivity contribution in [1.29, 1.82) is 0 Å². The molecule has 0 saturated heterocycles. The van der Waals surface area contributed by atoms with Crippen molar-refractivity contribution < 1.29 is 9.21 Å². The van der Waals surface area contributed by atoms with E-state index >= 15 is 0 Å². The van der Waals surface area contributed by atoms with Gasteiger partial charge in [-0.2, -0.15) is 5.10 Å². The van der Waals surface area contributed by atoms with Gasteiger partial charge in [0.15, 0.2) is 5.69 Å². The van der Waals surface area contributed by atoms with Crippen LogP contribution in [0.3, 0.4) is 0 Å². The predicted molar refractivity (Wildman–Crippen MR) is 88.2 cm³/mol. The Labute approximate surface area is 138 Å². The van der Waals surface area contributed by atoms with Gasteiger partial charge in [0.1, 0.15) is 5.76 Å². The van der Waals surface area contributed by atoms with Crippen molar-refractivity contribution in [3.8, 4) is 11.3 Å². The minimum Gasteiger partial charge on any atom is -0.467 e. The van der Waals surface area contributed by atoms with Crippen molar-refractivity contribution in [3.05, 3.63) is 65.2 Å². The normalized spacial score (nSPS) is 10.7. The molecule has 0 aliphatic carbocycles. The zero-order chi connectivity index (χ0) is 16.2. The van der Waals surface area contributed by atoms with E-state index in [4.69, 9.17) is 16.0 Å². The Morgan fingerprint density at radius 3 is 2.87 bits per heavy atom. The fraction of sp³-hybridized carbons (Fsp3) is 0.176. The third-order valence-electron chi connectivity index (χ3n) is 3.44. The van der Waals surface area contributed by atoms with Gasteiger partial charge in [-0.05, 0) is 37.3 Å². The summed E-state index contributed by atoms with van der Waals surface area (Å²) in [5.74, 6) is 0.459. The zero-order valence-corrected chi connectivity index (χ0v) is 13.4. The fourth-order valence-corrected chi connectivity index (χ4v) is 2.51. The van der Waals surface area contributed by atoms with Crippen LogP contribution in [-0.2, 0) is 13.1 Å². The van der Waals surface area contributed by atoms with E-state index in [-0.39, 0.29) is 5.91 Å². The van der Waals surface area contributed by atoms with Gasteiger partial charge < -0.3 is 9.73 Å². The Kier molecular flexibility index (Phi) is 4.48. The largest absolute Gasteiger partial charge is 0.467 e. The summed E-state index contributed by atoms with van der Waals surface area (Å²) in [5, 5.41) is 7.81. The molecule has 0 unspecified atom stereocenters. The number of furan rings is 1. The second-order valence-corrected chi connectivity index (χ2v) is 5.44. The number of carbonyl (C=O) groups excluding carboxylic acids is 1. The molecule has 6 heteroatoms. The zero-order valence-electron chi connectivity index (χ0n) is 12.6. The van der Waals surface area contributed by atoms with Gasteiger partial charge in [0.25, 0.3) is 5.91 Å². The van der Waals surface area contributed by atoms with E-state index in [1.165, 1.54) is 0 Å². The number of amides is 1. The van der Waals surface area contributed by atoms with Gasteiger partial charge in [-0.3, -0.25) is 9.48 Å². The summed E-state index contributed by atoms with van der Waals surface area (Å²) in [7, 11) is 0. The lowest BCUT2D eigenvalue weighted by atomic mass is 10.1. The highest BCUT2D eigenvalue weighted by atomic mass is 35.5. The molecule has 0 aliphatic heterocycles. The van der Waals surface area contributed by atoms with Gasteiger partial charge in [-0.15, -0.1) is 0 Å². The number of halogens is 1. The quantitative estimate of drug-likeness (QED) is 0.775. The highest BCUT2D eigenvalue weighted by Gasteiger charge is 2.15. The summed E-state index contributed by atoms with van der Waals surface area (Å²) in [6.45, 7) is 2.97. The molecule has 0 bridgehead atoms. The average Bonchev–Trinajstić information content (AvgIpc) is 3.22. The number of aromatic nitrogens is 2. The Morgan fingerprint density at radius 2 is 2.17 bits per heavy atom. The molecule has 1 N–H and O–H groups in total. The van der Waals surface area contributed by atoms with Gasteiger partial charge in [0.05, 0.1) is 18.5 Å². The molecule has 0 radical (unpaired) electrons. The summed E-state index contributed by atoms with van der Waals surface area (Å²) in [4.78, 5) is 12.3. The van der Waals surface area contributed by atoms with E-state index < -0.39 is 0 Å². The van der Waals surface area contributed by atoms with Crippen LogP contribution < -0.4 is 5.32 Å². The SMILES string of the molecule is CCn1nc(C(=O)NCc2ccco2)cc1-c1cccc(Cl)c1. The van der Waals surface area contributed by atoms with Crippen molar-refractivity contribution in [2.45, 2.75) is 20.0 Å². The van der Waals surface area contributed by atoms with Crippen LogP contribution in [0.5, 0.6) is 0 Å². The maximum absolute atomic E-state index is 12.3. The standard InChI is InChI=1S/C17H16ClN3O2/c1-2-21-16(12-5-3-6-13(18)9-12)10-15(20-21)17(22)19-11-14-7-4-8-23-14/h3-10H,2,11H2,1H3,(H,19,22). The summed E-state index contributed by atoms with van der Waals surface area (Å²) in [6, 6.07) is 12.9. The molecule has 5 nitrogen and oxygen atoms in total. The highest BCUT2D eigenvalue weighted by Crippen LogP contribution is 2.23. The van der Waals surface area contributed by atoms with Crippen LogP contribution in [0.15, 0.2) is 53.1 Å². The maximum Gasteiger partial charge on any atom is 0.272 e. The third kappa shape index (κ3) is 3.46. The van der Waals surface area contributed by atoms with Crippen molar-refractivity contribution in [1.82, 2.24) is 15.1 Å². The smallest absolute Gasteiger partial charge is 0.272 e. The fourth-order valence-electron chi connectivity index (χ4n) is 2.32. The molecule has 0 aliphatic rings. The van der Waals surface area contributed by atoms with Crippen molar-refractivity contribution in [3.63, 3.8) is 0 Å². The lowest BCUT2D eigenvalue weighted by molar-refractivity contribution is 0.0942. The monoisotopic (exact) mass is 329 g/mol. The molecule has 118 valence electrons. The molecule has 1 aromatic carbocycles. The van der Waals surface area contributed by atoms with E-state index in [0.29, 0.717) is 29.6 Å². The highest BCUT2D eigenvalue weighted by molar-refractivity contribution is 6.30. The number of aryl methyl sites for hydroxylation is 1. The van der Waals surface area contributed by atoms with Gasteiger partial charge >= 0.3 is 0 Å². The third-order valence-corrected chi connectivity index (χ3v) is 3.67. The molecule has 3 aromatic rings. The molecule has 0 saturated carbocycles. The first kappa shape index (κ1) is 15.4. The van der Waals surface area contributed by atoms with Crippen molar-refractivity contribution in [2.75, 3.05) is 0 Å². The summed E-state index contributed by atoms with van der Waals surface area (Å²) >= 11 is 6.05. The van der Waals surface area contributed by atoms with Crippen LogP contribution in [0.2, 0.25) is 5.02 Å². The van der Waals surface area contributed by atoms with E-state index in [0.717, 1.165) is 11.3 Å². The van der Waals surface area contributed by atoms with E-state index in [1.54, 1.807) is 23.1 Å².